The molecule has 0 radical (unpaired) electrons. The van der Waals surface area contributed by atoms with E-state index in [-0.39, 0.29) is 23.1 Å². The van der Waals surface area contributed by atoms with Crippen molar-refractivity contribution in [3.05, 3.63) is 58.0 Å². The molecule has 1 aromatic heterocycles. The summed E-state index contributed by atoms with van der Waals surface area (Å²) < 4.78 is 6.32. The fourth-order valence-corrected chi connectivity index (χ4v) is 3.04. The molecule has 27 heavy (non-hydrogen) atoms. The monoisotopic (exact) mass is 370 g/mol. The lowest BCUT2D eigenvalue weighted by molar-refractivity contribution is 0.0714. The SMILES string of the molecule is COc1cccc(C(=O)N2CCCN(C(=O)c3ccc(=O)n(C)n3)CC2)c1. The second-order valence-electron chi connectivity index (χ2n) is 6.35. The van der Waals surface area contributed by atoms with Crippen molar-refractivity contribution in [2.24, 2.45) is 7.05 Å². The first-order chi connectivity index (χ1) is 13.0. The van der Waals surface area contributed by atoms with E-state index < -0.39 is 0 Å². The summed E-state index contributed by atoms with van der Waals surface area (Å²) in [5.41, 5.74) is 0.524. The first-order valence-electron chi connectivity index (χ1n) is 8.76. The summed E-state index contributed by atoms with van der Waals surface area (Å²) >= 11 is 0. The summed E-state index contributed by atoms with van der Waals surface area (Å²) in [5.74, 6) is 0.318. The molecule has 1 aromatic carbocycles. The molecule has 0 atom stereocenters. The molecule has 0 saturated carbocycles. The Hall–Kier alpha value is -3.16. The summed E-state index contributed by atoms with van der Waals surface area (Å²) in [6, 6.07) is 9.81. The van der Waals surface area contributed by atoms with Gasteiger partial charge in [-0.3, -0.25) is 14.4 Å². The van der Waals surface area contributed by atoms with E-state index in [9.17, 15) is 14.4 Å². The van der Waals surface area contributed by atoms with Crippen molar-refractivity contribution in [2.75, 3.05) is 33.3 Å². The number of amides is 2. The number of rotatable bonds is 3. The number of nitrogens with zero attached hydrogens (tertiary/aromatic N) is 4. The fraction of sp³-hybridized carbons (Fsp3) is 0.368. The molecular weight excluding hydrogens is 348 g/mol. The average Bonchev–Trinajstić information content (AvgIpc) is 2.95. The summed E-state index contributed by atoms with van der Waals surface area (Å²) in [5, 5.41) is 4.02. The van der Waals surface area contributed by atoms with Gasteiger partial charge in [-0.1, -0.05) is 6.07 Å². The smallest absolute Gasteiger partial charge is 0.274 e. The van der Waals surface area contributed by atoms with Crippen molar-refractivity contribution in [1.82, 2.24) is 19.6 Å². The normalized spacial score (nSPS) is 14.6. The number of methoxy groups -OCH3 is 1. The first kappa shape index (κ1) is 18.6. The minimum Gasteiger partial charge on any atom is -0.497 e. The predicted octanol–water partition coefficient (Wildman–Crippen LogP) is 0.777. The van der Waals surface area contributed by atoms with Crippen LogP contribution in [0.15, 0.2) is 41.2 Å². The highest BCUT2D eigenvalue weighted by molar-refractivity contribution is 5.95. The molecule has 0 N–H and O–H groups in total. The predicted molar refractivity (Wildman–Crippen MR) is 98.9 cm³/mol. The largest absolute Gasteiger partial charge is 0.497 e. The van der Waals surface area contributed by atoms with Crippen molar-refractivity contribution < 1.29 is 14.3 Å². The number of aryl methyl sites for hydroxylation is 1. The molecule has 1 aliphatic heterocycles. The highest BCUT2D eigenvalue weighted by Crippen LogP contribution is 2.16. The summed E-state index contributed by atoms with van der Waals surface area (Å²) in [6.45, 7) is 1.96. The second kappa shape index (κ2) is 8.03. The lowest BCUT2D eigenvalue weighted by Gasteiger charge is -2.22. The third kappa shape index (κ3) is 4.16. The zero-order valence-electron chi connectivity index (χ0n) is 15.4. The molecule has 0 unspecified atom stereocenters. The van der Waals surface area contributed by atoms with Crippen LogP contribution in [0.5, 0.6) is 5.75 Å². The molecular formula is C19H22N4O4. The molecule has 8 heteroatoms. The van der Waals surface area contributed by atoms with Crippen LogP contribution in [-0.2, 0) is 7.05 Å². The number of benzene rings is 1. The van der Waals surface area contributed by atoms with Crippen LogP contribution in [-0.4, -0.2) is 64.7 Å². The Labute approximate surface area is 157 Å². The minimum atomic E-state index is -0.266. The summed E-state index contributed by atoms with van der Waals surface area (Å²) in [6.07, 6.45) is 0.674. The van der Waals surface area contributed by atoms with E-state index in [1.165, 1.54) is 19.2 Å². The van der Waals surface area contributed by atoms with Gasteiger partial charge in [0.1, 0.15) is 11.4 Å². The van der Waals surface area contributed by atoms with Crippen LogP contribution in [0.2, 0.25) is 0 Å². The molecule has 1 aliphatic rings. The summed E-state index contributed by atoms with van der Waals surface area (Å²) in [4.78, 5) is 40.3. The second-order valence-corrected chi connectivity index (χ2v) is 6.35. The van der Waals surface area contributed by atoms with Gasteiger partial charge in [-0.25, -0.2) is 4.68 Å². The quantitative estimate of drug-likeness (QED) is 0.797. The lowest BCUT2D eigenvalue weighted by Crippen LogP contribution is -2.38. The lowest BCUT2D eigenvalue weighted by atomic mass is 10.2. The zero-order chi connectivity index (χ0) is 19.4. The fourth-order valence-electron chi connectivity index (χ4n) is 3.04. The van der Waals surface area contributed by atoms with Crippen LogP contribution in [0.1, 0.15) is 27.3 Å². The first-order valence-corrected chi connectivity index (χ1v) is 8.76. The molecule has 0 bridgehead atoms. The van der Waals surface area contributed by atoms with Crippen molar-refractivity contribution in [3.8, 4) is 5.75 Å². The third-order valence-electron chi connectivity index (χ3n) is 4.57. The van der Waals surface area contributed by atoms with Gasteiger partial charge in [-0.15, -0.1) is 0 Å². The van der Waals surface area contributed by atoms with Gasteiger partial charge in [0.25, 0.3) is 17.4 Å². The Bertz CT molecular complexity index is 909. The molecule has 0 aliphatic carbocycles. The van der Waals surface area contributed by atoms with E-state index in [0.717, 1.165) is 4.68 Å². The van der Waals surface area contributed by atoms with Crippen LogP contribution in [0, 0.1) is 0 Å². The van der Waals surface area contributed by atoms with Crippen LogP contribution < -0.4 is 10.3 Å². The molecule has 3 rings (SSSR count). The Morgan fingerprint density at radius 2 is 1.70 bits per heavy atom. The summed E-state index contributed by atoms with van der Waals surface area (Å²) in [7, 11) is 3.07. The number of carbonyl (C=O) groups excluding carboxylic acids is 2. The van der Waals surface area contributed by atoms with E-state index in [1.807, 2.05) is 0 Å². The Morgan fingerprint density at radius 1 is 1.00 bits per heavy atom. The van der Waals surface area contributed by atoms with Gasteiger partial charge in [0, 0.05) is 44.9 Å². The Balaban J connectivity index is 1.69. The number of hydrogen-bond acceptors (Lipinski definition) is 5. The van der Waals surface area contributed by atoms with Gasteiger partial charge in [0.05, 0.1) is 7.11 Å². The van der Waals surface area contributed by atoms with E-state index in [0.29, 0.717) is 43.9 Å². The average molecular weight is 370 g/mol. The van der Waals surface area contributed by atoms with E-state index >= 15 is 0 Å². The molecule has 1 saturated heterocycles. The number of ether oxygens (including phenoxy) is 1. The van der Waals surface area contributed by atoms with Crippen molar-refractivity contribution in [1.29, 1.82) is 0 Å². The van der Waals surface area contributed by atoms with Gasteiger partial charge in [0.2, 0.25) is 0 Å². The van der Waals surface area contributed by atoms with Crippen LogP contribution in [0.4, 0.5) is 0 Å². The van der Waals surface area contributed by atoms with E-state index in [4.69, 9.17) is 4.74 Å². The minimum absolute atomic E-state index is 0.0802. The Kier molecular flexibility index (Phi) is 5.54. The van der Waals surface area contributed by atoms with Gasteiger partial charge in [-0.2, -0.15) is 5.10 Å². The van der Waals surface area contributed by atoms with Crippen molar-refractivity contribution in [3.63, 3.8) is 0 Å². The maximum Gasteiger partial charge on any atom is 0.274 e. The van der Waals surface area contributed by atoms with Gasteiger partial charge < -0.3 is 14.5 Å². The molecule has 142 valence electrons. The van der Waals surface area contributed by atoms with Gasteiger partial charge >= 0.3 is 0 Å². The van der Waals surface area contributed by atoms with Gasteiger partial charge in [-0.05, 0) is 30.7 Å². The molecule has 2 heterocycles. The Morgan fingerprint density at radius 3 is 2.37 bits per heavy atom. The topological polar surface area (TPSA) is 84.7 Å². The molecule has 0 spiro atoms. The van der Waals surface area contributed by atoms with Crippen molar-refractivity contribution in [2.45, 2.75) is 6.42 Å². The maximum atomic E-state index is 12.8. The van der Waals surface area contributed by atoms with Crippen LogP contribution in [0.3, 0.4) is 0 Å². The zero-order valence-corrected chi connectivity index (χ0v) is 15.4. The van der Waals surface area contributed by atoms with E-state index in [2.05, 4.69) is 5.10 Å². The molecule has 2 amide bonds. The van der Waals surface area contributed by atoms with E-state index in [1.54, 1.807) is 41.2 Å². The van der Waals surface area contributed by atoms with Crippen LogP contribution in [0.25, 0.3) is 0 Å². The maximum absolute atomic E-state index is 12.8. The van der Waals surface area contributed by atoms with Crippen LogP contribution >= 0.6 is 0 Å². The molecule has 2 aromatic rings. The standard InChI is InChI=1S/C19H22N4O4/c1-21-17(24)8-7-16(20-21)19(26)23-10-4-9-22(11-12-23)18(25)14-5-3-6-15(13-14)27-2/h3,5-8,13H,4,9-12H2,1-2H3. The molecule has 8 nitrogen and oxygen atoms in total. The molecule has 1 fully saturated rings. The number of aromatic nitrogens is 2. The number of hydrogen-bond donors (Lipinski definition) is 0. The third-order valence-corrected chi connectivity index (χ3v) is 4.57. The highest BCUT2D eigenvalue weighted by Gasteiger charge is 2.24. The van der Waals surface area contributed by atoms with Crippen molar-refractivity contribution >= 4 is 11.8 Å². The van der Waals surface area contributed by atoms with Gasteiger partial charge in [0.15, 0.2) is 0 Å². The number of carbonyl (C=O) groups is 2. The highest BCUT2D eigenvalue weighted by atomic mass is 16.5.